The zero-order valence-corrected chi connectivity index (χ0v) is 14.0. The van der Waals surface area contributed by atoms with Crippen LogP contribution in [0.3, 0.4) is 0 Å². The zero-order chi connectivity index (χ0) is 15.7. The van der Waals surface area contributed by atoms with Crippen molar-refractivity contribution in [2.75, 3.05) is 5.43 Å². The number of para-hydroxylation sites is 2. The minimum atomic E-state index is 0.741. The average molecular weight is 312 g/mol. The predicted molar refractivity (Wildman–Crippen MR) is 97.9 cm³/mol. The number of benzene rings is 1. The van der Waals surface area contributed by atoms with Crippen LogP contribution >= 0.6 is 0 Å². The first-order chi connectivity index (χ1) is 11.4. The van der Waals surface area contributed by atoms with Crippen molar-refractivity contribution in [3.8, 4) is 0 Å². The summed E-state index contributed by atoms with van der Waals surface area (Å²) in [6.45, 7) is 0. The van der Waals surface area contributed by atoms with E-state index in [1.54, 1.807) is 0 Å². The lowest BCUT2D eigenvalue weighted by Crippen LogP contribution is -2.04. The number of H-pyrrole nitrogens is 1. The molecule has 23 heavy (non-hydrogen) atoms. The fourth-order valence-electron chi connectivity index (χ4n) is 3.27. The highest BCUT2D eigenvalue weighted by atomic mass is 15.4. The first-order valence-electron chi connectivity index (χ1n) is 9.18. The van der Waals surface area contributed by atoms with Crippen molar-refractivity contribution < 1.29 is 0 Å². The van der Waals surface area contributed by atoms with Gasteiger partial charge in [0.05, 0.1) is 11.0 Å². The molecule has 3 rings (SSSR count). The van der Waals surface area contributed by atoms with E-state index in [9.17, 15) is 0 Å². The molecule has 0 saturated heterocycles. The van der Waals surface area contributed by atoms with Gasteiger partial charge in [-0.05, 0) is 37.8 Å². The molecule has 0 bridgehead atoms. The van der Waals surface area contributed by atoms with Crippen molar-refractivity contribution >= 4 is 22.7 Å². The van der Waals surface area contributed by atoms with Gasteiger partial charge in [0.1, 0.15) is 0 Å². The Balaban J connectivity index is 1.60. The molecule has 0 unspecified atom stereocenters. The van der Waals surface area contributed by atoms with E-state index >= 15 is 0 Å². The Hall–Kier alpha value is -1.84. The van der Waals surface area contributed by atoms with Crippen LogP contribution in [0.5, 0.6) is 0 Å². The molecule has 1 fully saturated rings. The molecule has 2 aromatic rings. The molecular formula is C19H28N4. The molecule has 0 aliphatic heterocycles. The Morgan fingerprint density at radius 1 is 0.826 bits per heavy atom. The standard InChI is InChI=1S/C19H28N4/c1-2-4-6-8-12-16(13-9-7-5-3-1)22-23-19-20-17-14-10-11-15-18(17)21-19/h10-11,14-15H,1-9,12-13H2,(H2,20,21,23). The number of anilines is 1. The van der Waals surface area contributed by atoms with Gasteiger partial charge in [0.25, 0.3) is 0 Å². The molecular weight excluding hydrogens is 284 g/mol. The number of rotatable bonds is 2. The molecule has 124 valence electrons. The maximum Gasteiger partial charge on any atom is 0.222 e. The van der Waals surface area contributed by atoms with Crippen molar-refractivity contribution in [1.29, 1.82) is 0 Å². The monoisotopic (exact) mass is 312 g/mol. The van der Waals surface area contributed by atoms with Crippen molar-refractivity contribution in [2.45, 2.75) is 70.6 Å². The van der Waals surface area contributed by atoms with Gasteiger partial charge in [-0.1, -0.05) is 57.1 Å². The summed E-state index contributed by atoms with van der Waals surface area (Å²) in [7, 11) is 0. The molecule has 0 spiro atoms. The molecule has 0 amide bonds. The molecule has 4 nitrogen and oxygen atoms in total. The van der Waals surface area contributed by atoms with Crippen LogP contribution in [0.25, 0.3) is 11.0 Å². The first kappa shape index (κ1) is 16.0. The lowest BCUT2D eigenvalue weighted by Gasteiger charge is -2.09. The van der Waals surface area contributed by atoms with E-state index in [0.717, 1.165) is 29.8 Å². The predicted octanol–water partition coefficient (Wildman–Crippen LogP) is 5.64. The zero-order valence-electron chi connectivity index (χ0n) is 14.0. The highest BCUT2D eigenvalue weighted by molar-refractivity contribution is 5.85. The van der Waals surface area contributed by atoms with Gasteiger partial charge in [0.15, 0.2) is 0 Å². The minimum Gasteiger partial charge on any atom is -0.323 e. The number of nitrogens with zero attached hydrogens (tertiary/aromatic N) is 2. The van der Waals surface area contributed by atoms with Crippen molar-refractivity contribution in [1.82, 2.24) is 9.97 Å². The van der Waals surface area contributed by atoms with E-state index in [0.29, 0.717) is 0 Å². The highest BCUT2D eigenvalue weighted by Gasteiger charge is 2.05. The maximum atomic E-state index is 4.65. The Morgan fingerprint density at radius 2 is 1.43 bits per heavy atom. The van der Waals surface area contributed by atoms with Gasteiger partial charge in [-0.15, -0.1) is 0 Å². The molecule has 2 N–H and O–H groups in total. The van der Waals surface area contributed by atoms with E-state index < -0.39 is 0 Å². The van der Waals surface area contributed by atoms with Crippen LogP contribution in [0.1, 0.15) is 70.6 Å². The molecule has 1 aliphatic carbocycles. The largest absolute Gasteiger partial charge is 0.323 e. The topological polar surface area (TPSA) is 53.1 Å². The molecule has 4 heteroatoms. The second-order valence-electron chi connectivity index (χ2n) is 6.57. The summed E-state index contributed by atoms with van der Waals surface area (Å²) in [4.78, 5) is 7.80. The Bertz CT molecular complexity index is 582. The Labute approximate surface area is 138 Å². The number of fused-ring (bicyclic) bond motifs is 1. The second kappa shape index (κ2) is 8.70. The summed E-state index contributed by atoms with van der Waals surface area (Å²) in [6.07, 6.45) is 14.4. The van der Waals surface area contributed by atoms with Gasteiger partial charge >= 0.3 is 0 Å². The number of aromatic amines is 1. The quantitative estimate of drug-likeness (QED) is 0.705. The summed E-state index contributed by atoms with van der Waals surface area (Å²) in [5, 5.41) is 4.65. The van der Waals surface area contributed by atoms with Crippen molar-refractivity contribution in [3.63, 3.8) is 0 Å². The van der Waals surface area contributed by atoms with E-state index in [-0.39, 0.29) is 0 Å². The van der Waals surface area contributed by atoms with Crippen molar-refractivity contribution in [2.24, 2.45) is 5.10 Å². The van der Waals surface area contributed by atoms with Crippen LogP contribution in [-0.2, 0) is 0 Å². The summed E-state index contributed by atoms with van der Waals surface area (Å²) in [5.41, 5.74) is 6.46. The van der Waals surface area contributed by atoms with Crippen LogP contribution in [-0.4, -0.2) is 15.7 Å². The number of aromatic nitrogens is 2. The summed E-state index contributed by atoms with van der Waals surface area (Å²) in [6, 6.07) is 8.07. The fraction of sp³-hybridized carbons (Fsp3) is 0.579. The minimum absolute atomic E-state index is 0.741. The van der Waals surface area contributed by atoms with Gasteiger partial charge in [-0.25, -0.2) is 10.4 Å². The summed E-state index contributed by atoms with van der Waals surface area (Å²) in [5.74, 6) is 0.741. The number of hydrogen-bond donors (Lipinski definition) is 2. The van der Waals surface area contributed by atoms with E-state index in [4.69, 9.17) is 0 Å². The molecule has 1 heterocycles. The van der Waals surface area contributed by atoms with Crippen LogP contribution in [0.15, 0.2) is 29.4 Å². The fourth-order valence-corrected chi connectivity index (χ4v) is 3.27. The molecule has 0 radical (unpaired) electrons. The Morgan fingerprint density at radius 3 is 2.09 bits per heavy atom. The van der Waals surface area contributed by atoms with Crippen LogP contribution in [0.2, 0.25) is 0 Å². The number of hydrazone groups is 1. The molecule has 1 saturated carbocycles. The number of hydrogen-bond acceptors (Lipinski definition) is 3. The third kappa shape index (κ3) is 5.08. The Kier molecular flexibility index (Phi) is 6.07. The third-order valence-corrected chi connectivity index (χ3v) is 4.64. The van der Waals surface area contributed by atoms with E-state index in [2.05, 4.69) is 20.5 Å². The van der Waals surface area contributed by atoms with E-state index in [1.165, 1.54) is 63.5 Å². The number of imidazole rings is 1. The van der Waals surface area contributed by atoms with Gasteiger partial charge in [-0.3, -0.25) is 0 Å². The number of nitrogens with one attached hydrogen (secondary N) is 2. The lowest BCUT2D eigenvalue weighted by molar-refractivity contribution is 0.555. The van der Waals surface area contributed by atoms with Gasteiger partial charge in [-0.2, -0.15) is 5.10 Å². The second-order valence-corrected chi connectivity index (χ2v) is 6.57. The smallest absolute Gasteiger partial charge is 0.222 e. The van der Waals surface area contributed by atoms with Crippen molar-refractivity contribution in [3.05, 3.63) is 24.3 Å². The molecule has 1 aromatic carbocycles. The van der Waals surface area contributed by atoms with Gasteiger partial charge in [0.2, 0.25) is 5.95 Å². The van der Waals surface area contributed by atoms with Crippen LogP contribution in [0, 0.1) is 0 Å². The highest BCUT2D eigenvalue weighted by Crippen LogP contribution is 2.17. The molecule has 1 aromatic heterocycles. The lowest BCUT2D eigenvalue weighted by atomic mass is 10.00. The van der Waals surface area contributed by atoms with Crippen LogP contribution < -0.4 is 5.43 Å². The average Bonchev–Trinajstić information content (AvgIpc) is 2.97. The van der Waals surface area contributed by atoms with Gasteiger partial charge < -0.3 is 4.98 Å². The third-order valence-electron chi connectivity index (χ3n) is 4.64. The SMILES string of the molecule is c1ccc2[nH]c(NN=C3CCCCCCCCCCC3)nc2c1. The molecule has 1 aliphatic rings. The molecule has 0 atom stereocenters. The summed E-state index contributed by atoms with van der Waals surface area (Å²) >= 11 is 0. The van der Waals surface area contributed by atoms with Crippen LogP contribution in [0.4, 0.5) is 5.95 Å². The van der Waals surface area contributed by atoms with Gasteiger partial charge in [0, 0.05) is 5.71 Å². The van der Waals surface area contributed by atoms with E-state index in [1.807, 2.05) is 24.3 Å². The first-order valence-corrected chi connectivity index (χ1v) is 9.18. The normalized spacial score (nSPS) is 18.2. The summed E-state index contributed by atoms with van der Waals surface area (Å²) < 4.78 is 0. The maximum absolute atomic E-state index is 4.65.